The van der Waals surface area contributed by atoms with Gasteiger partial charge in [-0.25, -0.2) is 0 Å². The summed E-state index contributed by atoms with van der Waals surface area (Å²) in [4.78, 5) is 11.5. The smallest absolute Gasteiger partial charge is 0.240 e. The molecule has 3 N–H and O–H groups in total. The monoisotopic (exact) mass is 274 g/mol. The van der Waals surface area contributed by atoms with E-state index in [2.05, 4.69) is 5.32 Å². The number of nitrogens with two attached hydrogens (primary N) is 1. The normalized spacial score (nSPS) is 11.9. The lowest BCUT2D eigenvalue weighted by Crippen LogP contribution is -2.32. The molecule has 0 radical (unpaired) electrons. The Bertz CT molecular complexity index is 579. The van der Waals surface area contributed by atoms with Gasteiger partial charge in [0, 0.05) is 10.7 Å². The minimum Gasteiger partial charge on any atom is -0.325 e. The van der Waals surface area contributed by atoms with Crippen molar-refractivity contribution < 1.29 is 4.79 Å². The molecule has 98 valence electrons. The summed E-state index contributed by atoms with van der Waals surface area (Å²) in [6, 6.07) is 14.7. The minimum absolute atomic E-state index is 0.199. The van der Waals surface area contributed by atoms with E-state index in [1.54, 1.807) is 6.92 Å². The van der Waals surface area contributed by atoms with Gasteiger partial charge in [0.25, 0.3) is 0 Å². The summed E-state index contributed by atoms with van der Waals surface area (Å²) in [5.41, 5.74) is 8.31. The first kappa shape index (κ1) is 13.6. The molecule has 19 heavy (non-hydrogen) atoms. The second-order valence-electron chi connectivity index (χ2n) is 4.37. The van der Waals surface area contributed by atoms with Crippen molar-refractivity contribution in [3.8, 4) is 11.1 Å². The Morgan fingerprint density at radius 1 is 1.16 bits per heavy atom. The molecule has 2 rings (SSSR count). The van der Waals surface area contributed by atoms with Crippen LogP contribution in [0.2, 0.25) is 5.02 Å². The van der Waals surface area contributed by atoms with Crippen LogP contribution in [0, 0.1) is 0 Å². The molecule has 0 spiro atoms. The molecule has 0 aliphatic rings. The first-order valence-electron chi connectivity index (χ1n) is 5.99. The van der Waals surface area contributed by atoms with Crippen LogP contribution in [0.3, 0.4) is 0 Å². The minimum atomic E-state index is -0.521. The standard InChI is InChI=1S/C15H15ClN2O/c1-10(17)15(19)18-14-7-5-11(6-8-14)12-3-2-4-13(16)9-12/h2-10H,17H2,1H3,(H,18,19)/t10-/m0/s1. The Hall–Kier alpha value is -1.84. The second kappa shape index (κ2) is 5.87. The molecule has 0 saturated carbocycles. The fourth-order valence-corrected chi connectivity index (χ4v) is 1.86. The van der Waals surface area contributed by atoms with E-state index < -0.39 is 6.04 Å². The zero-order chi connectivity index (χ0) is 13.8. The maximum Gasteiger partial charge on any atom is 0.240 e. The van der Waals surface area contributed by atoms with Crippen LogP contribution in [0.15, 0.2) is 48.5 Å². The molecule has 0 saturated heterocycles. The molecule has 2 aromatic rings. The zero-order valence-electron chi connectivity index (χ0n) is 10.6. The van der Waals surface area contributed by atoms with Gasteiger partial charge in [-0.1, -0.05) is 35.9 Å². The van der Waals surface area contributed by atoms with E-state index >= 15 is 0 Å². The van der Waals surface area contributed by atoms with Crippen LogP contribution in [0.1, 0.15) is 6.92 Å². The first-order chi connectivity index (χ1) is 9.06. The Kier molecular flexibility index (Phi) is 4.20. The van der Waals surface area contributed by atoms with Crippen molar-refractivity contribution in [1.29, 1.82) is 0 Å². The number of benzene rings is 2. The van der Waals surface area contributed by atoms with Crippen molar-refractivity contribution in [3.63, 3.8) is 0 Å². The Labute approximate surface area is 117 Å². The number of carbonyl (C=O) groups is 1. The van der Waals surface area contributed by atoms with Crippen LogP contribution in [-0.4, -0.2) is 11.9 Å². The summed E-state index contributed by atoms with van der Waals surface area (Å²) in [5, 5.41) is 3.44. The van der Waals surface area contributed by atoms with Gasteiger partial charge in [-0.3, -0.25) is 4.79 Å². The van der Waals surface area contributed by atoms with E-state index in [1.807, 2.05) is 48.5 Å². The Morgan fingerprint density at radius 3 is 2.42 bits per heavy atom. The summed E-state index contributed by atoms with van der Waals surface area (Å²) in [5.74, 6) is -0.199. The van der Waals surface area contributed by atoms with E-state index in [4.69, 9.17) is 17.3 Å². The van der Waals surface area contributed by atoms with Crippen molar-refractivity contribution in [1.82, 2.24) is 0 Å². The van der Waals surface area contributed by atoms with Gasteiger partial charge in [0.1, 0.15) is 0 Å². The highest BCUT2D eigenvalue weighted by atomic mass is 35.5. The van der Waals surface area contributed by atoms with Crippen molar-refractivity contribution in [2.24, 2.45) is 5.73 Å². The van der Waals surface area contributed by atoms with E-state index in [0.717, 1.165) is 16.8 Å². The summed E-state index contributed by atoms with van der Waals surface area (Å²) in [6.45, 7) is 1.65. The molecule has 0 fully saturated rings. The van der Waals surface area contributed by atoms with Gasteiger partial charge in [-0.15, -0.1) is 0 Å². The molecule has 1 amide bonds. The highest BCUT2D eigenvalue weighted by Gasteiger charge is 2.07. The number of nitrogens with one attached hydrogen (secondary N) is 1. The summed E-state index contributed by atoms with van der Waals surface area (Å²) >= 11 is 5.96. The quantitative estimate of drug-likeness (QED) is 0.902. The lowest BCUT2D eigenvalue weighted by molar-refractivity contribution is -0.117. The van der Waals surface area contributed by atoms with Gasteiger partial charge < -0.3 is 11.1 Å². The van der Waals surface area contributed by atoms with Crippen molar-refractivity contribution in [3.05, 3.63) is 53.6 Å². The number of amides is 1. The highest BCUT2D eigenvalue weighted by molar-refractivity contribution is 6.30. The van der Waals surface area contributed by atoms with Gasteiger partial charge in [-0.05, 0) is 42.3 Å². The average molecular weight is 275 g/mol. The highest BCUT2D eigenvalue weighted by Crippen LogP contribution is 2.24. The largest absolute Gasteiger partial charge is 0.325 e. The van der Waals surface area contributed by atoms with Gasteiger partial charge >= 0.3 is 0 Å². The molecule has 0 aliphatic heterocycles. The van der Waals surface area contributed by atoms with Crippen molar-refractivity contribution in [2.45, 2.75) is 13.0 Å². The van der Waals surface area contributed by atoms with E-state index in [0.29, 0.717) is 5.02 Å². The maximum absolute atomic E-state index is 11.5. The predicted molar refractivity (Wildman–Crippen MR) is 79.2 cm³/mol. The van der Waals surface area contributed by atoms with E-state index in [1.165, 1.54) is 0 Å². The van der Waals surface area contributed by atoms with Gasteiger partial charge in [0.15, 0.2) is 0 Å². The Morgan fingerprint density at radius 2 is 1.84 bits per heavy atom. The molecule has 0 aliphatic carbocycles. The van der Waals surface area contributed by atoms with Crippen LogP contribution >= 0.6 is 11.6 Å². The van der Waals surface area contributed by atoms with E-state index in [-0.39, 0.29) is 5.91 Å². The number of hydrogen-bond donors (Lipinski definition) is 2. The van der Waals surface area contributed by atoms with Crippen LogP contribution < -0.4 is 11.1 Å². The number of hydrogen-bond acceptors (Lipinski definition) is 2. The molecule has 1 atom stereocenters. The molecule has 0 unspecified atom stereocenters. The fraction of sp³-hybridized carbons (Fsp3) is 0.133. The number of rotatable bonds is 3. The summed E-state index contributed by atoms with van der Waals surface area (Å²) in [7, 11) is 0. The van der Waals surface area contributed by atoms with Crippen LogP contribution in [-0.2, 0) is 4.79 Å². The maximum atomic E-state index is 11.5. The first-order valence-corrected chi connectivity index (χ1v) is 6.36. The topological polar surface area (TPSA) is 55.1 Å². The number of carbonyl (C=O) groups excluding carboxylic acids is 1. The second-order valence-corrected chi connectivity index (χ2v) is 4.80. The molecular formula is C15H15ClN2O. The van der Waals surface area contributed by atoms with Gasteiger partial charge in [0.2, 0.25) is 5.91 Å². The third-order valence-electron chi connectivity index (χ3n) is 2.72. The predicted octanol–water partition coefficient (Wildman–Crippen LogP) is 3.29. The SMILES string of the molecule is C[C@H](N)C(=O)Nc1ccc(-c2cccc(Cl)c2)cc1. The van der Waals surface area contributed by atoms with Crippen LogP contribution in [0.25, 0.3) is 11.1 Å². The molecule has 2 aromatic carbocycles. The molecule has 0 heterocycles. The molecule has 0 aromatic heterocycles. The zero-order valence-corrected chi connectivity index (χ0v) is 11.3. The molecule has 4 heteroatoms. The third-order valence-corrected chi connectivity index (χ3v) is 2.96. The van der Waals surface area contributed by atoms with Crippen molar-refractivity contribution >= 4 is 23.2 Å². The fourth-order valence-electron chi connectivity index (χ4n) is 1.67. The lowest BCUT2D eigenvalue weighted by atomic mass is 10.1. The number of halogens is 1. The van der Waals surface area contributed by atoms with Crippen LogP contribution in [0.4, 0.5) is 5.69 Å². The third kappa shape index (κ3) is 3.56. The van der Waals surface area contributed by atoms with Gasteiger partial charge in [-0.2, -0.15) is 0 Å². The van der Waals surface area contributed by atoms with Crippen molar-refractivity contribution in [2.75, 3.05) is 5.32 Å². The lowest BCUT2D eigenvalue weighted by Gasteiger charge is -2.08. The Balaban J connectivity index is 2.17. The average Bonchev–Trinajstić information content (AvgIpc) is 2.39. The molecule has 0 bridgehead atoms. The van der Waals surface area contributed by atoms with Gasteiger partial charge in [0.05, 0.1) is 6.04 Å². The molecular weight excluding hydrogens is 260 g/mol. The van der Waals surface area contributed by atoms with E-state index in [9.17, 15) is 4.79 Å². The number of anilines is 1. The summed E-state index contributed by atoms with van der Waals surface area (Å²) in [6.07, 6.45) is 0. The molecule has 3 nitrogen and oxygen atoms in total. The summed E-state index contributed by atoms with van der Waals surface area (Å²) < 4.78 is 0. The van der Waals surface area contributed by atoms with Crippen LogP contribution in [0.5, 0.6) is 0 Å².